The average molecular weight is 274 g/mol. The van der Waals surface area contributed by atoms with Gasteiger partial charge in [0.2, 0.25) is 0 Å². The summed E-state index contributed by atoms with van der Waals surface area (Å²) in [5.74, 6) is 3.13. The minimum absolute atomic E-state index is 0.162. The molecule has 1 aliphatic heterocycles. The lowest BCUT2D eigenvalue weighted by Crippen LogP contribution is -2.25. The van der Waals surface area contributed by atoms with Gasteiger partial charge in [-0.1, -0.05) is 6.42 Å². The highest BCUT2D eigenvalue weighted by Crippen LogP contribution is 2.21. The lowest BCUT2D eigenvalue weighted by molar-refractivity contribution is 0.388. The molecular formula is C15H22N4O. The third-order valence-corrected chi connectivity index (χ3v) is 4.00. The standard InChI is InChI=1S/C15H22N4O/c1-11(13-7-6-10-20-13)16-12(2)15-18-17-14-8-4-3-5-9-19(14)15/h6-7,10-12,16H,3-5,8-9H2,1-2H3. The lowest BCUT2D eigenvalue weighted by Gasteiger charge is -2.19. The van der Waals surface area contributed by atoms with Crippen LogP contribution in [0.25, 0.3) is 0 Å². The topological polar surface area (TPSA) is 55.9 Å². The van der Waals surface area contributed by atoms with Crippen LogP contribution in [0.1, 0.15) is 62.6 Å². The van der Waals surface area contributed by atoms with E-state index in [1.807, 2.05) is 12.1 Å². The smallest absolute Gasteiger partial charge is 0.149 e. The fourth-order valence-corrected chi connectivity index (χ4v) is 2.90. The van der Waals surface area contributed by atoms with Gasteiger partial charge in [0.25, 0.3) is 0 Å². The van der Waals surface area contributed by atoms with Gasteiger partial charge in [0.1, 0.15) is 17.4 Å². The van der Waals surface area contributed by atoms with E-state index in [0.29, 0.717) is 0 Å². The van der Waals surface area contributed by atoms with Crippen LogP contribution >= 0.6 is 0 Å². The molecule has 3 rings (SSSR count). The number of nitrogens with one attached hydrogen (secondary N) is 1. The Kier molecular flexibility index (Phi) is 3.87. The van der Waals surface area contributed by atoms with Crippen LogP contribution in [0.4, 0.5) is 0 Å². The number of furan rings is 1. The van der Waals surface area contributed by atoms with Crippen LogP contribution < -0.4 is 5.32 Å². The second-order valence-electron chi connectivity index (χ2n) is 5.56. The van der Waals surface area contributed by atoms with E-state index in [2.05, 4.69) is 33.9 Å². The highest BCUT2D eigenvalue weighted by molar-refractivity contribution is 5.06. The van der Waals surface area contributed by atoms with Crippen molar-refractivity contribution < 1.29 is 4.42 Å². The number of aryl methyl sites for hydroxylation is 1. The molecular weight excluding hydrogens is 252 g/mol. The Morgan fingerprint density at radius 2 is 2.10 bits per heavy atom. The van der Waals surface area contributed by atoms with Crippen molar-refractivity contribution in [1.29, 1.82) is 0 Å². The molecule has 0 saturated heterocycles. The van der Waals surface area contributed by atoms with Gasteiger partial charge in [0.05, 0.1) is 18.3 Å². The Labute approximate surface area is 119 Å². The van der Waals surface area contributed by atoms with Gasteiger partial charge in [-0.15, -0.1) is 10.2 Å². The second kappa shape index (κ2) is 5.79. The maximum Gasteiger partial charge on any atom is 0.149 e. The highest BCUT2D eigenvalue weighted by Gasteiger charge is 2.21. The van der Waals surface area contributed by atoms with Crippen LogP contribution in [0.2, 0.25) is 0 Å². The maximum atomic E-state index is 5.44. The summed E-state index contributed by atoms with van der Waals surface area (Å²) in [6.45, 7) is 5.29. The summed E-state index contributed by atoms with van der Waals surface area (Å²) in [6.07, 6.45) is 6.49. The van der Waals surface area contributed by atoms with Crippen molar-refractivity contribution in [1.82, 2.24) is 20.1 Å². The minimum Gasteiger partial charge on any atom is -0.468 e. The number of hydrogen-bond donors (Lipinski definition) is 1. The number of fused-ring (bicyclic) bond motifs is 1. The third kappa shape index (κ3) is 2.63. The van der Waals surface area contributed by atoms with Crippen molar-refractivity contribution in [2.45, 2.75) is 58.2 Å². The monoisotopic (exact) mass is 274 g/mol. The van der Waals surface area contributed by atoms with Crippen LogP contribution in [0.3, 0.4) is 0 Å². The zero-order valence-electron chi connectivity index (χ0n) is 12.2. The zero-order valence-corrected chi connectivity index (χ0v) is 12.2. The van der Waals surface area contributed by atoms with E-state index in [4.69, 9.17) is 4.42 Å². The Bertz CT molecular complexity index is 546. The Balaban J connectivity index is 1.74. The molecule has 20 heavy (non-hydrogen) atoms. The van der Waals surface area contributed by atoms with Crippen molar-refractivity contribution in [3.8, 4) is 0 Å². The van der Waals surface area contributed by atoms with E-state index in [1.165, 1.54) is 19.3 Å². The molecule has 2 aromatic rings. The quantitative estimate of drug-likeness (QED) is 0.931. The van der Waals surface area contributed by atoms with Crippen molar-refractivity contribution >= 4 is 0 Å². The molecule has 2 atom stereocenters. The molecule has 0 fully saturated rings. The highest BCUT2D eigenvalue weighted by atomic mass is 16.3. The molecule has 0 aromatic carbocycles. The Morgan fingerprint density at radius 3 is 2.90 bits per heavy atom. The summed E-state index contributed by atoms with van der Waals surface area (Å²) in [5.41, 5.74) is 0. The summed E-state index contributed by atoms with van der Waals surface area (Å²) >= 11 is 0. The molecule has 5 heteroatoms. The minimum atomic E-state index is 0.162. The Morgan fingerprint density at radius 1 is 1.20 bits per heavy atom. The van der Waals surface area contributed by atoms with Crippen LogP contribution in [0, 0.1) is 0 Å². The lowest BCUT2D eigenvalue weighted by atomic mass is 10.2. The first-order valence-corrected chi connectivity index (χ1v) is 7.47. The molecule has 0 radical (unpaired) electrons. The fourth-order valence-electron chi connectivity index (χ4n) is 2.90. The molecule has 2 aromatic heterocycles. The molecule has 1 N–H and O–H groups in total. The van der Waals surface area contributed by atoms with Crippen LogP contribution in [0.5, 0.6) is 0 Å². The van der Waals surface area contributed by atoms with Gasteiger partial charge in [-0.25, -0.2) is 0 Å². The molecule has 0 amide bonds. The SMILES string of the molecule is CC(NC(C)c1nnc2n1CCCCC2)c1ccco1. The van der Waals surface area contributed by atoms with Gasteiger partial charge < -0.3 is 8.98 Å². The van der Waals surface area contributed by atoms with Crippen molar-refractivity contribution in [3.63, 3.8) is 0 Å². The maximum absolute atomic E-state index is 5.44. The largest absolute Gasteiger partial charge is 0.468 e. The summed E-state index contributed by atoms with van der Waals surface area (Å²) in [4.78, 5) is 0. The summed E-state index contributed by atoms with van der Waals surface area (Å²) in [6, 6.07) is 4.24. The van der Waals surface area contributed by atoms with Gasteiger partial charge >= 0.3 is 0 Å². The summed E-state index contributed by atoms with van der Waals surface area (Å²) in [7, 11) is 0. The Hall–Kier alpha value is -1.62. The normalized spacial score (nSPS) is 18.3. The van der Waals surface area contributed by atoms with Gasteiger partial charge in [-0.05, 0) is 38.8 Å². The number of hydrogen-bond acceptors (Lipinski definition) is 4. The van der Waals surface area contributed by atoms with E-state index in [0.717, 1.165) is 30.4 Å². The van der Waals surface area contributed by atoms with Crippen LogP contribution in [-0.4, -0.2) is 14.8 Å². The van der Waals surface area contributed by atoms with Gasteiger partial charge in [-0.3, -0.25) is 5.32 Å². The molecule has 3 heterocycles. The molecule has 1 aliphatic rings. The first kappa shape index (κ1) is 13.4. The van der Waals surface area contributed by atoms with E-state index < -0.39 is 0 Å². The van der Waals surface area contributed by atoms with E-state index >= 15 is 0 Å². The fraction of sp³-hybridized carbons (Fsp3) is 0.600. The van der Waals surface area contributed by atoms with E-state index in [9.17, 15) is 0 Å². The molecule has 2 unspecified atom stereocenters. The van der Waals surface area contributed by atoms with Gasteiger partial charge in [0, 0.05) is 13.0 Å². The number of rotatable bonds is 4. The second-order valence-corrected chi connectivity index (χ2v) is 5.56. The number of nitrogens with zero attached hydrogens (tertiary/aromatic N) is 3. The molecule has 108 valence electrons. The van der Waals surface area contributed by atoms with Crippen molar-refractivity contribution in [3.05, 3.63) is 35.8 Å². The van der Waals surface area contributed by atoms with E-state index in [1.54, 1.807) is 6.26 Å². The van der Waals surface area contributed by atoms with Crippen molar-refractivity contribution in [2.75, 3.05) is 0 Å². The zero-order chi connectivity index (χ0) is 13.9. The molecule has 0 aliphatic carbocycles. The van der Waals surface area contributed by atoms with E-state index in [-0.39, 0.29) is 12.1 Å². The number of aromatic nitrogens is 3. The predicted molar refractivity (Wildman–Crippen MR) is 76.3 cm³/mol. The average Bonchev–Trinajstić information content (AvgIpc) is 3.04. The third-order valence-electron chi connectivity index (χ3n) is 4.00. The summed E-state index contributed by atoms with van der Waals surface area (Å²) < 4.78 is 7.73. The van der Waals surface area contributed by atoms with Crippen LogP contribution in [0.15, 0.2) is 22.8 Å². The molecule has 5 nitrogen and oxygen atoms in total. The summed E-state index contributed by atoms with van der Waals surface area (Å²) in [5, 5.41) is 12.3. The first-order chi connectivity index (χ1) is 9.75. The predicted octanol–water partition coefficient (Wildman–Crippen LogP) is 3.01. The van der Waals surface area contributed by atoms with Crippen molar-refractivity contribution in [2.24, 2.45) is 0 Å². The molecule has 0 bridgehead atoms. The molecule has 0 saturated carbocycles. The van der Waals surface area contributed by atoms with Gasteiger partial charge in [-0.2, -0.15) is 0 Å². The molecule has 0 spiro atoms. The van der Waals surface area contributed by atoms with Crippen LogP contribution in [-0.2, 0) is 13.0 Å². The van der Waals surface area contributed by atoms with Gasteiger partial charge in [0.15, 0.2) is 0 Å². The first-order valence-electron chi connectivity index (χ1n) is 7.47.